The van der Waals surface area contributed by atoms with Gasteiger partial charge in [-0.25, -0.2) is 5.43 Å². The molecule has 3 aromatic rings. The van der Waals surface area contributed by atoms with E-state index in [4.69, 9.17) is 4.74 Å². The van der Waals surface area contributed by atoms with Crippen molar-refractivity contribution in [2.24, 2.45) is 5.10 Å². The SMILES string of the molecule is COc1cccc(/C=N\NC(=O)CSCc2ccc3ccccc3c2)c1O. The van der Waals surface area contributed by atoms with E-state index in [0.717, 1.165) is 5.75 Å². The largest absolute Gasteiger partial charge is 0.504 e. The summed E-state index contributed by atoms with van der Waals surface area (Å²) in [5, 5.41) is 16.3. The molecular weight excluding hydrogens is 360 g/mol. The summed E-state index contributed by atoms with van der Waals surface area (Å²) in [6.45, 7) is 0. The summed E-state index contributed by atoms with van der Waals surface area (Å²) in [5.41, 5.74) is 4.12. The first kappa shape index (κ1) is 18.8. The van der Waals surface area contributed by atoms with Crippen LogP contribution < -0.4 is 10.2 Å². The van der Waals surface area contributed by atoms with Crippen molar-refractivity contribution in [1.29, 1.82) is 0 Å². The number of hydrogen-bond acceptors (Lipinski definition) is 5. The number of amides is 1. The minimum Gasteiger partial charge on any atom is -0.504 e. The molecule has 0 fully saturated rings. The first-order valence-corrected chi connectivity index (χ1v) is 9.56. The molecule has 1 amide bonds. The third kappa shape index (κ3) is 5.01. The van der Waals surface area contributed by atoms with Crippen molar-refractivity contribution in [3.8, 4) is 11.5 Å². The number of benzene rings is 3. The topological polar surface area (TPSA) is 70.9 Å². The van der Waals surface area contributed by atoms with Gasteiger partial charge < -0.3 is 9.84 Å². The lowest BCUT2D eigenvalue weighted by molar-refractivity contribution is -0.118. The Labute approximate surface area is 162 Å². The van der Waals surface area contributed by atoms with E-state index in [1.807, 2.05) is 12.1 Å². The molecule has 3 rings (SSSR count). The van der Waals surface area contributed by atoms with Crippen LogP contribution in [0.1, 0.15) is 11.1 Å². The quantitative estimate of drug-likeness (QED) is 0.481. The smallest absolute Gasteiger partial charge is 0.250 e. The molecule has 5 nitrogen and oxygen atoms in total. The fourth-order valence-electron chi connectivity index (χ4n) is 2.60. The maximum Gasteiger partial charge on any atom is 0.250 e. The van der Waals surface area contributed by atoms with E-state index < -0.39 is 0 Å². The number of rotatable bonds is 7. The molecule has 138 valence electrons. The van der Waals surface area contributed by atoms with E-state index >= 15 is 0 Å². The first-order valence-electron chi connectivity index (χ1n) is 8.40. The van der Waals surface area contributed by atoms with Crippen molar-refractivity contribution in [1.82, 2.24) is 5.43 Å². The van der Waals surface area contributed by atoms with Crippen molar-refractivity contribution in [3.05, 3.63) is 71.8 Å². The number of nitrogens with zero attached hydrogens (tertiary/aromatic N) is 1. The molecule has 0 aromatic heterocycles. The number of phenolic OH excluding ortho intramolecular Hbond substituents is 1. The summed E-state index contributed by atoms with van der Waals surface area (Å²) in [6.07, 6.45) is 1.39. The Kier molecular flexibility index (Phi) is 6.33. The van der Waals surface area contributed by atoms with Crippen LogP contribution in [-0.4, -0.2) is 30.1 Å². The van der Waals surface area contributed by atoms with Crippen molar-refractivity contribution in [2.45, 2.75) is 5.75 Å². The molecule has 0 aliphatic rings. The van der Waals surface area contributed by atoms with Crippen molar-refractivity contribution in [2.75, 3.05) is 12.9 Å². The lowest BCUT2D eigenvalue weighted by Gasteiger charge is -2.05. The molecule has 0 spiro atoms. The molecular formula is C21H20N2O3S. The highest BCUT2D eigenvalue weighted by Gasteiger charge is 2.05. The van der Waals surface area contributed by atoms with Crippen LogP contribution in [0.25, 0.3) is 10.8 Å². The van der Waals surface area contributed by atoms with Gasteiger partial charge in [-0.05, 0) is 28.5 Å². The van der Waals surface area contributed by atoms with Gasteiger partial charge in [0.15, 0.2) is 11.5 Å². The van der Waals surface area contributed by atoms with E-state index in [1.54, 1.807) is 18.2 Å². The van der Waals surface area contributed by atoms with E-state index in [0.29, 0.717) is 17.1 Å². The predicted molar refractivity (Wildman–Crippen MR) is 111 cm³/mol. The van der Waals surface area contributed by atoms with Crippen LogP contribution in [0.4, 0.5) is 0 Å². The van der Waals surface area contributed by atoms with Crippen LogP contribution in [-0.2, 0) is 10.5 Å². The van der Waals surface area contributed by atoms with Crippen molar-refractivity contribution >= 4 is 34.7 Å². The zero-order valence-electron chi connectivity index (χ0n) is 14.9. The Balaban J connectivity index is 1.48. The Hall–Kier alpha value is -2.99. The number of thioether (sulfide) groups is 1. The number of carbonyl (C=O) groups excluding carboxylic acids is 1. The molecule has 0 saturated carbocycles. The van der Waals surface area contributed by atoms with Crippen LogP contribution in [0.15, 0.2) is 65.8 Å². The molecule has 0 unspecified atom stereocenters. The molecule has 27 heavy (non-hydrogen) atoms. The highest BCUT2D eigenvalue weighted by atomic mass is 32.2. The predicted octanol–water partition coefficient (Wildman–Crippen LogP) is 3.94. The molecule has 0 aliphatic heterocycles. The molecule has 0 radical (unpaired) electrons. The number of hydrazone groups is 1. The molecule has 6 heteroatoms. The molecule has 0 heterocycles. The number of hydrogen-bond donors (Lipinski definition) is 2. The highest BCUT2D eigenvalue weighted by Crippen LogP contribution is 2.27. The van der Waals surface area contributed by atoms with Crippen LogP contribution >= 0.6 is 11.8 Å². The third-order valence-electron chi connectivity index (χ3n) is 3.96. The monoisotopic (exact) mass is 380 g/mol. The average Bonchev–Trinajstić information content (AvgIpc) is 2.69. The van der Waals surface area contributed by atoms with Gasteiger partial charge in [0.25, 0.3) is 0 Å². The zero-order valence-corrected chi connectivity index (χ0v) is 15.7. The highest BCUT2D eigenvalue weighted by molar-refractivity contribution is 7.99. The van der Waals surface area contributed by atoms with E-state index in [2.05, 4.69) is 40.9 Å². The number of carbonyl (C=O) groups is 1. The maximum absolute atomic E-state index is 11.9. The fourth-order valence-corrected chi connectivity index (χ4v) is 3.37. The number of phenols is 1. The summed E-state index contributed by atoms with van der Waals surface area (Å²) in [7, 11) is 1.48. The molecule has 0 aliphatic carbocycles. The Morgan fingerprint density at radius 2 is 1.96 bits per heavy atom. The molecule has 0 bridgehead atoms. The summed E-state index contributed by atoms with van der Waals surface area (Å²) in [6, 6.07) is 19.6. The van der Waals surface area contributed by atoms with Gasteiger partial charge in [0.1, 0.15) is 0 Å². The number of fused-ring (bicyclic) bond motifs is 1. The molecule has 0 atom stereocenters. The first-order chi connectivity index (χ1) is 13.2. The van der Waals surface area contributed by atoms with Gasteiger partial charge in [0, 0.05) is 11.3 Å². The van der Waals surface area contributed by atoms with Gasteiger partial charge in [0.05, 0.1) is 19.1 Å². The van der Waals surface area contributed by atoms with Crippen molar-refractivity contribution < 1.29 is 14.6 Å². The summed E-state index contributed by atoms with van der Waals surface area (Å²) < 4.78 is 5.03. The van der Waals surface area contributed by atoms with Gasteiger partial charge in [-0.1, -0.05) is 48.5 Å². The zero-order chi connectivity index (χ0) is 19.1. The van der Waals surface area contributed by atoms with Crippen LogP contribution in [0.2, 0.25) is 0 Å². The summed E-state index contributed by atoms with van der Waals surface area (Å²) in [5.74, 6) is 1.20. The summed E-state index contributed by atoms with van der Waals surface area (Å²) >= 11 is 1.52. The second-order valence-electron chi connectivity index (χ2n) is 5.87. The van der Waals surface area contributed by atoms with E-state index in [1.165, 1.54) is 41.4 Å². The second-order valence-corrected chi connectivity index (χ2v) is 6.85. The normalized spacial score (nSPS) is 11.0. The maximum atomic E-state index is 11.9. The number of para-hydroxylation sites is 1. The third-order valence-corrected chi connectivity index (χ3v) is 4.96. The van der Waals surface area contributed by atoms with Gasteiger partial charge in [0.2, 0.25) is 5.91 Å². The molecule has 3 aromatic carbocycles. The van der Waals surface area contributed by atoms with Crippen LogP contribution in [0, 0.1) is 0 Å². The van der Waals surface area contributed by atoms with Crippen LogP contribution in [0.3, 0.4) is 0 Å². The van der Waals surface area contributed by atoms with E-state index in [-0.39, 0.29) is 11.7 Å². The van der Waals surface area contributed by atoms with Gasteiger partial charge in [-0.2, -0.15) is 5.10 Å². The second kappa shape index (κ2) is 9.09. The Bertz CT molecular complexity index is 973. The number of nitrogens with one attached hydrogen (secondary N) is 1. The van der Waals surface area contributed by atoms with Gasteiger partial charge in [-0.3, -0.25) is 4.79 Å². The number of aromatic hydroxyl groups is 1. The molecule has 2 N–H and O–H groups in total. The summed E-state index contributed by atoms with van der Waals surface area (Å²) in [4.78, 5) is 11.9. The standard InChI is InChI=1S/C21H20N2O3S/c1-26-19-8-4-7-18(21(19)25)12-22-23-20(24)14-27-13-15-9-10-16-5-2-3-6-17(16)11-15/h2-12,25H,13-14H2,1H3,(H,23,24)/b22-12-. The Morgan fingerprint density at radius 1 is 1.15 bits per heavy atom. The lowest BCUT2D eigenvalue weighted by atomic mass is 10.1. The van der Waals surface area contributed by atoms with Crippen molar-refractivity contribution in [3.63, 3.8) is 0 Å². The van der Waals surface area contributed by atoms with Crippen LogP contribution in [0.5, 0.6) is 11.5 Å². The number of ether oxygens (including phenoxy) is 1. The minimum atomic E-state index is -0.195. The van der Waals surface area contributed by atoms with E-state index in [9.17, 15) is 9.90 Å². The molecule has 0 saturated heterocycles. The Morgan fingerprint density at radius 3 is 2.78 bits per heavy atom. The number of methoxy groups -OCH3 is 1. The lowest BCUT2D eigenvalue weighted by Crippen LogP contribution is -2.19. The van der Waals surface area contributed by atoms with Gasteiger partial charge >= 0.3 is 0 Å². The average molecular weight is 380 g/mol. The minimum absolute atomic E-state index is 0.0105. The fraction of sp³-hybridized carbons (Fsp3) is 0.143. The van der Waals surface area contributed by atoms with Gasteiger partial charge in [-0.15, -0.1) is 11.8 Å².